The van der Waals surface area contributed by atoms with E-state index in [9.17, 15) is 14.9 Å². The monoisotopic (exact) mass is 440 g/mol. The lowest BCUT2D eigenvalue weighted by atomic mass is 10.1. The average Bonchev–Trinajstić information content (AvgIpc) is 3.48. The summed E-state index contributed by atoms with van der Waals surface area (Å²) in [7, 11) is 0. The van der Waals surface area contributed by atoms with E-state index in [1.807, 2.05) is 19.1 Å². The molecular formula is C24H16N4O5. The molecule has 5 aromatic rings. The number of furan rings is 1. The number of anilines is 1. The van der Waals surface area contributed by atoms with Gasteiger partial charge in [-0.3, -0.25) is 14.9 Å². The van der Waals surface area contributed by atoms with E-state index in [4.69, 9.17) is 8.83 Å². The van der Waals surface area contributed by atoms with Crippen molar-refractivity contribution >= 4 is 28.5 Å². The molecule has 33 heavy (non-hydrogen) atoms. The summed E-state index contributed by atoms with van der Waals surface area (Å²) in [5.74, 6) is 0.372. The summed E-state index contributed by atoms with van der Waals surface area (Å²) >= 11 is 0. The first kappa shape index (κ1) is 20.1. The van der Waals surface area contributed by atoms with Crippen molar-refractivity contribution in [1.29, 1.82) is 0 Å². The molecule has 9 heteroatoms. The van der Waals surface area contributed by atoms with Gasteiger partial charge < -0.3 is 14.2 Å². The highest BCUT2D eigenvalue weighted by Gasteiger charge is 2.17. The van der Waals surface area contributed by atoms with E-state index in [2.05, 4.69) is 15.3 Å². The van der Waals surface area contributed by atoms with Crippen molar-refractivity contribution in [3.8, 4) is 22.8 Å². The number of aryl methyl sites for hydroxylation is 1. The molecule has 3 aromatic heterocycles. The normalized spacial score (nSPS) is 10.9. The molecule has 0 aliphatic heterocycles. The van der Waals surface area contributed by atoms with Gasteiger partial charge in [0.2, 0.25) is 5.89 Å². The number of nitro groups is 1. The number of pyridine rings is 1. The summed E-state index contributed by atoms with van der Waals surface area (Å²) < 4.78 is 11.4. The molecule has 0 atom stereocenters. The third kappa shape index (κ3) is 3.94. The van der Waals surface area contributed by atoms with Crippen LogP contribution in [-0.2, 0) is 0 Å². The van der Waals surface area contributed by atoms with Crippen LogP contribution in [0.15, 0.2) is 81.8 Å². The number of carbonyl (C=O) groups excluding carboxylic acids is 1. The number of hydrogen-bond donors (Lipinski definition) is 1. The molecule has 2 aromatic carbocycles. The van der Waals surface area contributed by atoms with Crippen molar-refractivity contribution in [2.45, 2.75) is 6.92 Å². The molecular weight excluding hydrogens is 424 g/mol. The fourth-order valence-corrected chi connectivity index (χ4v) is 3.35. The standard InChI is InChI=1S/C24H16N4O5/c1-14-7-8-16(24-27-22-20(33-24)6-3-11-25-22)13-18(14)26-23(29)21-10-9-19(32-21)15-4-2-5-17(12-15)28(30)31/h2-13H,1H3,(H,26,29). The van der Waals surface area contributed by atoms with Gasteiger partial charge in [0.05, 0.1) is 4.92 Å². The molecule has 0 fully saturated rings. The molecule has 0 saturated carbocycles. The van der Waals surface area contributed by atoms with Crippen LogP contribution in [-0.4, -0.2) is 20.8 Å². The second kappa shape index (κ2) is 8.04. The van der Waals surface area contributed by atoms with Crippen LogP contribution in [0.1, 0.15) is 16.1 Å². The number of rotatable bonds is 5. The Hall–Kier alpha value is -4.79. The SMILES string of the molecule is Cc1ccc(-c2nc3ncccc3o2)cc1NC(=O)c1ccc(-c2cccc([N+](=O)[O-])c2)o1. The first-order valence-corrected chi connectivity index (χ1v) is 9.96. The van der Waals surface area contributed by atoms with Crippen LogP contribution < -0.4 is 5.32 Å². The van der Waals surface area contributed by atoms with Crippen molar-refractivity contribution in [2.24, 2.45) is 0 Å². The lowest BCUT2D eigenvalue weighted by Gasteiger charge is -2.08. The van der Waals surface area contributed by atoms with Crippen molar-refractivity contribution in [2.75, 3.05) is 5.32 Å². The number of fused-ring (bicyclic) bond motifs is 1. The largest absolute Gasteiger partial charge is 0.451 e. The van der Waals surface area contributed by atoms with Gasteiger partial charge in [0.25, 0.3) is 11.6 Å². The Labute approximate surface area is 186 Å². The molecule has 0 spiro atoms. The van der Waals surface area contributed by atoms with E-state index < -0.39 is 10.8 Å². The number of nitro benzene ring substituents is 1. The number of non-ortho nitro benzene ring substituents is 1. The Bertz CT molecular complexity index is 1490. The molecule has 1 N–H and O–H groups in total. The number of hydrogen-bond acceptors (Lipinski definition) is 7. The lowest BCUT2D eigenvalue weighted by Crippen LogP contribution is -2.11. The summed E-state index contributed by atoms with van der Waals surface area (Å²) in [6, 6.07) is 18.2. The molecule has 0 saturated heterocycles. The first-order chi connectivity index (χ1) is 16.0. The molecule has 0 unspecified atom stereocenters. The molecule has 0 bridgehead atoms. The van der Waals surface area contributed by atoms with Gasteiger partial charge in [-0.05, 0) is 48.9 Å². The molecule has 3 heterocycles. The number of benzene rings is 2. The molecule has 0 aliphatic rings. The second-order valence-corrected chi connectivity index (χ2v) is 7.30. The van der Waals surface area contributed by atoms with Gasteiger partial charge in [-0.2, -0.15) is 4.98 Å². The molecule has 0 radical (unpaired) electrons. The van der Waals surface area contributed by atoms with Gasteiger partial charge in [0.15, 0.2) is 17.0 Å². The van der Waals surface area contributed by atoms with Gasteiger partial charge in [0, 0.05) is 35.1 Å². The fourth-order valence-electron chi connectivity index (χ4n) is 3.35. The summed E-state index contributed by atoms with van der Waals surface area (Å²) in [6.07, 6.45) is 1.64. The second-order valence-electron chi connectivity index (χ2n) is 7.30. The number of carbonyl (C=O) groups is 1. The number of aromatic nitrogens is 2. The maximum absolute atomic E-state index is 12.8. The summed E-state index contributed by atoms with van der Waals surface area (Å²) in [6.45, 7) is 1.86. The minimum absolute atomic E-state index is 0.0586. The first-order valence-electron chi connectivity index (χ1n) is 9.96. The third-order valence-electron chi connectivity index (χ3n) is 5.07. The topological polar surface area (TPSA) is 124 Å². The van der Waals surface area contributed by atoms with E-state index >= 15 is 0 Å². The maximum Gasteiger partial charge on any atom is 0.291 e. The van der Waals surface area contributed by atoms with Crippen molar-refractivity contribution in [3.63, 3.8) is 0 Å². The third-order valence-corrected chi connectivity index (χ3v) is 5.07. The molecule has 5 rings (SSSR count). The Morgan fingerprint density at radius 3 is 2.70 bits per heavy atom. The molecule has 1 amide bonds. The summed E-state index contributed by atoms with van der Waals surface area (Å²) in [4.78, 5) is 31.9. The van der Waals surface area contributed by atoms with Crippen LogP contribution in [0.5, 0.6) is 0 Å². The molecule has 162 valence electrons. The van der Waals surface area contributed by atoms with Crippen LogP contribution in [0.2, 0.25) is 0 Å². The predicted octanol–water partition coefficient (Wildman–Crippen LogP) is 5.62. The zero-order valence-electron chi connectivity index (χ0n) is 17.3. The highest BCUT2D eigenvalue weighted by Crippen LogP contribution is 2.29. The Morgan fingerprint density at radius 2 is 1.88 bits per heavy atom. The van der Waals surface area contributed by atoms with Crippen LogP contribution in [0.3, 0.4) is 0 Å². The quantitative estimate of drug-likeness (QED) is 0.278. The van der Waals surface area contributed by atoms with E-state index in [1.165, 1.54) is 18.2 Å². The average molecular weight is 440 g/mol. The van der Waals surface area contributed by atoms with E-state index in [1.54, 1.807) is 42.6 Å². The van der Waals surface area contributed by atoms with Gasteiger partial charge in [-0.15, -0.1) is 0 Å². The number of nitrogens with zero attached hydrogens (tertiary/aromatic N) is 3. The van der Waals surface area contributed by atoms with Gasteiger partial charge >= 0.3 is 0 Å². The van der Waals surface area contributed by atoms with E-state index in [0.717, 1.165) is 5.56 Å². The Balaban J connectivity index is 1.40. The lowest BCUT2D eigenvalue weighted by molar-refractivity contribution is -0.384. The van der Waals surface area contributed by atoms with Crippen LogP contribution in [0.25, 0.3) is 34.0 Å². The van der Waals surface area contributed by atoms with Crippen LogP contribution in [0.4, 0.5) is 11.4 Å². The van der Waals surface area contributed by atoms with Crippen LogP contribution >= 0.6 is 0 Å². The molecule has 0 aliphatic carbocycles. The minimum Gasteiger partial charge on any atom is -0.451 e. The zero-order chi connectivity index (χ0) is 22.9. The number of oxazole rings is 1. The summed E-state index contributed by atoms with van der Waals surface area (Å²) in [5.41, 5.74) is 3.62. The number of nitrogens with one attached hydrogen (secondary N) is 1. The van der Waals surface area contributed by atoms with Crippen LogP contribution in [0, 0.1) is 17.0 Å². The van der Waals surface area contributed by atoms with E-state index in [-0.39, 0.29) is 11.4 Å². The van der Waals surface area contributed by atoms with Gasteiger partial charge in [0.1, 0.15) is 5.76 Å². The number of amides is 1. The Morgan fingerprint density at radius 1 is 1.00 bits per heavy atom. The maximum atomic E-state index is 12.8. The molecule has 9 nitrogen and oxygen atoms in total. The minimum atomic E-state index is -0.483. The van der Waals surface area contributed by atoms with Crippen molar-refractivity contribution in [1.82, 2.24) is 9.97 Å². The van der Waals surface area contributed by atoms with Crippen molar-refractivity contribution in [3.05, 3.63) is 94.4 Å². The zero-order valence-corrected chi connectivity index (χ0v) is 17.3. The summed E-state index contributed by atoms with van der Waals surface area (Å²) in [5, 5.41) is 13.8. The van der Waals surface area contributed by atoms with E-state index in [0.29, 0.717) is 39.7 Å². The predicted molar refractivity (Wildman–Crippen MR) is 121 cm³/mol. The highest BCUT2D eigenvalue weighted by atomic mass is 16.6. The van der Waals surface area contributed by atoms with Crippen molar-refractivity contribution < 1.29 is 18.6 Å². The Kier molecular flexibility index (Phi) is 4.91. The smallest absolute Gasteiger partial charge is 0.291 e. The fraction of sp³-hybridized carbons (Fsp3) is 0.0417. The van der Waals surface area contributed by atoms with Gasteiger partial charge in [-0.1, -0.05) is 18.2 Å². The van der Waals surface area contributed by atoms with Gasteiger partial charge in [-0.25, -0.2) is 4.98 Å². The highest BCUT2D eigenvalue weighted by molar-refractivity contribution is 6.03.